The van der Waals surface area contributed by atoms with Crippen molar-refractivity contribution < 1.29 is 22.8 Å². The number of amides is 3. The summed E-state index contributed by atoms with van der Waals surface area (Å²) in [6.45, 7) is 0. The second-order valence-electron chi connectivity index (χ2n) is 5.37. The fourth-order valence-electron chi connectivity index (χ4n) is 1.97. The summed E-state index contributed by atoms with van der Waals surface area (Å²) in [6.07, 6.45) is 0.895. The van der Waals surface area contributed by atoms with Crippen LogP contribution in [0, 0.1) is 0 Å². The Kier molecular flexibility index (Phi) is 4.77. The van der Waals surface area contributed by atoms with Gasteiger partial charge in [-0.1, -0.05) is 11.6 Å². The quantitative estimate of drug-likeness (QED) is 0.548. The van der Waals surface area contributed by atoms with Gasteiger partial charge in [-0.3, -0.25) is 24.4 Å². The van der Waals surface area contributed by atoms with Crippen LogP contribution in [0.1, 0.15) is 10.5 Å². The van der Waals surface area contributed by atoms with Gasteiger partial charge < -0.3 is 10.2 Å². The van der Waals surface area contributed by atoms with Crippen LogP contribution in [0.25, 0.3) is 0 Å². The minimum absolute atomic E-state index is 0.0337. The Hall–Kier alpha value is -2.60. The zero-order valence-electron chi connectivity index (χ0n) is 13.7. The molecular formula is C12H15ClN6O5S. The molecule has 0 fully saturated rings. The van der Waals surface area contributed by atoms with Crippen molar-refractivity contribution in [3.63, 3.8) is 0 Å². The van der Waals surface area contributed by atoms with Gasteiger partial charge in [-0.15, -0.1) is 0 Å². The highest BCUT2D eigenvalue weighted by molar-refractivity contribution is 7.92. The van der Waals surface area contributed by atoms with Crippen LogP contribution in [0.4, 0.5) is 11.5 Å². The number of carbonyl (C=O) groups is 3. The van der Waals surface area contributed by atoms with E-state index in [1.165, 1.54) is 26.0 Å². The minimum Gasteiger partial charge on any atom is -0.343 e. The van der Waals surface area contributed by atoms with E-state index in [2.05, 4.69) is 15.1 Å². The number of hydrogen-bond acceptors (Lipinski definition) is 7. The molecule has 0 saturated heterocycles. The summed E-state index contributed by atoms with van der Waals surface area (Å²) in [5.74, 6) is -2.18. The van der Waals surface area contributed by atoms with E-state index >= 15 is 0 Å². The first kappa shape index (κ1) is 18.7. The molecule has 0 atom stereocenters. The number of rotatable bonds is 5. The number of nitrogens with one attached hydrogen (secondary N) is 3. The van der Waals surface area contributed by atoms with Crippen molar-refractivity contribution in [1.29, 1.82) is 0 Å². The molecule has 136 valence electrons. The Labute approximate surface area is 148 Å². The van der Waals surface area contributed by atoms with Gasteiger partial charge in [0.15, 0.2) is 11.5 Å². The van der Waals surface area contributed by atoms with Gasteiger partial charge >= 0.3 is 0 Å². The Balaban J connectivity index is 2.59. The third-order valence-electron chi connectivity index (χ3n) is 3.06. The van der Waals surface area contributed by atoms with E-state index in [1.54, 1.807) is 0 Å². The first-order chi connectivity index (χ1) is 11.4. The van der Waals surface area contributed by atoms with Crippen molar-refractivity contribution in [2.45, 2.75) is 0 Å². The molecule has 13 heteroatoms. The molecule has 0 aliphatic carbocycles. The predicted octanol–water partition coefficient (Wildman–Crippen LogP) is -0.988. The van der Waals surface area contributed by atoms with Crippen LogP contribution in [-0.4, -0.2) is 61.2 Å². The highest BCUT2D eigenvalue weighted by atomic mass is 35.5. The molecule has 1 aromatic heterocycles. The van der Waals surface area contributed by atoms with Crippen molar-refractivity contribution >= 4 is 50.9 Å². The van der Waals surface area contributed by atoms with Gasteiger partial charge in [-0.2, -0.15) is 5.10 Å². The minimum atomic E-state index is -3.77. The smallest absolute Gasteiger partial charge is 0.276 e. The van der Waals surface area contributed by atoms with Gasteiger partial charge in [0.05, 0.1) is 6.26 Å². The molecule has 2 rings (SSSR count). The average molecular weight is 391 g/mol. The molecule has 0 bridgehead atoms. The highest BCUT2D eigenvalue weighted by Crippen LogP contribution is 2.30. The normalized spacial score (nSPS) is 14.6. The molecule has 1 aromatic rings. The second kappa shape index (κ2) is 6.37. The third-order valence-corrected chi connectivity index (χ3v) is 4.00. The fraction of sp³-hybridized carbons (Fsp3) is 0.333. The van der Waals surface area contributed by atoms with Crippen molar-refractivity contribution in [2.75, 3.05) is 30.4 Å². The Morgan fingerprint density at radius 2 is 1.88 bits per heavy atom. The van der Waals surface area contributed by atoms with Gasteiger partial charge in [-0.05, 0) is 0 Å². The van der Waals surface area contributed by atoms with Crippen LogP contribution in [0.15, 0.2) is 10.7 Å². The Morgan fingerprint density at radius 3 is 2.32 bits per heavy atom. The number of aromatic nitrogens is 2. The van der Waals surface area contributed by atoms with E-state index in [9.17, 15) is 22.8 Å². The van der Waals surface area contributed by atoms with Crippen LogP contribution >= 0.6 is 11.6 Å². The number of anilines is 2. The Morgan fingerprint density at radius 1 is 1.28 bits per heavy atom. The zero-order valence-corrected chi connectivity index (χ0v) is 15.2. The molecular weight excluding hydrogens is 376 g/mol. The van der Waals surface area contributed by atoms with Gasteiger partial charge in [-0.25, -0.2) is 13.1 Å². The van der Waals surface area contributed by atoms with Gasteiger partial charge in [0, 0.05) is 21.1 Å². The first-order valence-electron chi connectivity index (χ1n) is 6.71. The van der Waals surface area contributed by atoms with E-state index in [0.29, 0.717) is 0 Å². The van der Waals surface area contributed by atoms with E-state index < -0.39 is 32.8 Å². The molecule has 1 aliphatic rings. The van der Waals surface area contributed by atoms with Crippen molar-refractivity contribution in [1.82, 2.24) is 20.0 Å². The summed E-state index contributed by atoms with van der Waals surface area (Å²) >= 11 is 5.77. The lowest BCUT2D eigenvalue weighted by Gasteiger charge is -2.12. The molecule has 0 unspecified atom stereocenters. The number of sulfonamides is 1. The highest BCUT2D eigenvalue weighted by Gasteiger charge is 2.32. The number of aryl methyl sites for hydroxylation is 1. The van der Waals surface area contributed by atoms with Crippen molar-refractivity contribution in [3.8, 4) is 0 Å². The summed E-state index contributed by atoms with van der Waals surface area (Å²) < 4.78 is 26.6. The van der Waals surface area contributed by atoms with Crippen LogP contribution in [0.5, 0.6) is 0 Å². The number of carbonyl (C=O) groups excluding carboxylic acids is 3. The summed E-state index contributed by atoms with van der Waals surface area (Å²) in [7, 11) is 0.590. The maximum atomic E-state index is 12.3. The lowest BCUT2D eigenvalue weighted by molar-refractivity contribution is -0.123. The van der Waals surface area contributed by atoms with Gasteiger partial charge in [0.25, 0.3) is 17.7 Å². The number of hydrogen-bond donors (Lipinski definition) is 3. The molecule has 0 aromatic carbocycles. The molecule has 25 heavy (non-hydrogen) atoms. The summed E-state index contributed by atoms with van der Waals surface area (Å²) in [6, 6.07) is 0. The molecule has 11 nitrogen and oxygen atoms in total. The lowest BCUT2D eigenvalue weighted by atomic mass is 10.3. The molecule has 2 heterocycles. The standard InChI is InChI=1S/C12H15ClN6O5S/c1-18(2)12(22)8-7(17-25(4,23)24)9(19(3)16-8)14-6-5(13)10(20)15-11(6)21/h17H,1-4H3,(H2,14,15,20,21). The zero-order chi connectivity index (χ0) is 19.1. The van der Waals surface area contributed by atoms with E-state index in [-0.39, 0.29) is 22.9 Å². The average Bonchev–Trinajstić information content (AvgIpc) is 2.89. The maximum absolute atomic E-state index is 12.3. The Bertz CT molecular complexity index is 917. The SMILES string of the molecule is CN(C)C(=O)c1nn(C)c(NC2=C(Cl)C(=O)NC2=O)c1NS(C)(=O)=O. The third kappa shape index (κ3) is 3.74. The molecule has 0 saturated carbocycles. The van der Waals surface area contributed by atoms with E-state index in [4.69, 9.17) is 11.6 Å². The summed E-state index contributed by atoms with van der Waals surface area (Å²) in [5, 5.41) is 8.13. The number of imide groups is 1. The van der Waals surface area contributed by atoms with Gasteiger partial charge in [0.2, 0.25) is 10.0 Å². The summed E-state index contributed by atoms with van der Waals surface area (Å²) in [4.78, 5) is 36.7. The van der Waals surface area contributed by atoms with Gasteiger partial charge in [0.1, 0.15) is 16.4 Å². The molecule has 3 N–H and O–H groups in total. The summed E-state index contributed by atoms with van der Waals surface area (Å²) in [5.41, 5.74) is -0.648. The second-order valence-corrected chi connectivity index (χ2v) is 7.49. The van der Waals surface area contributed by atoms with Crippen molar-refractivity contribution in [3.05, 3.63) is 16.4 Å². The lowest BCUT2D eigenvalue weighted by Crippen LogP contribution is -2.25. The molecule has 0 radical (unpaired) electrons. The van der Waals surface area contributed by atoms with Crippen LogP contribution < -0.4 is 15.4 Å². The maximum Gasteiger partial charge on any atom is 0.276 e. The molecule has 1 aliphatic heterocycles. The van der Waals surface area contributed by atoms with Crippen LogP contribution in [-0.2, 0) is 26.7 Å². The topological polar surface area (TPSA) is 142 Å². The largest absolute Gasteiger partial charge is 0.343 e. The molecule has 3 amide bonds. The predicted molar refractivity (Wildman–Crippen MR) is 89.3 cm³/mol. The number of nitrogens with zero attached hydrogens (tertiary/aromatic N) is 3. The van der Waals surface area contributed by atoms with Crippen molar-refractivity contribution in [2.24, 2.45) is 7.05 Å². The first-order valence-corrected chi connectivity index (χ1v) is 8.98. The van der Waals surface area contributed by atoms with E-state index in [0.717, 1.165) is 10.9 Å². The monoisotopic (exact) mass is 390 g/mol. The van der Waals surface area contributed by atoms with Crippen LogP contribution in [0.3, 0.4) is 0 Å². The van der Waals surface area contributed by atoms with E-state index in [1.807, 2.05) is 5.32 Å². The van der Waals surface area contributed by atoms with Crippen LogP contribution in [0.2, 0.25) is 0 Å². The fourth-order valence-corrected chi connectivity index (χ4v) is 2.72. The molecule has 0 spiro atoms. The number of halogens is 1.